The first-order valence-corrected chi connectivity index (χ1v) is 8.86. The highest BCUT2D eigenvalue weighted by atomic mass is 79.9. The van der Waals surface area contributed by atoms with Crippen LogP contribution in [0, 0.1) is 40.9 Å². The lowest BCUT2D eigenvalue weighted by molar-refractivity contribution is -0.291. The van der Waals surface area contributed by atoms with Crippen LogP contribution in [-0.2, 0) is 23.7 Å². The van der Waals surface area contributed by atoms with E-state index in [0.29, 0.717) is 32.3 Å². The van der Waals surface area contributed by atoms with E-state index in [1.165, 1.54) is 0 Å². The Morgan fingerprint density at radius 3 is 1.86 bits per heavy atom. The first-order valence-electron chi connectivity index (χ1n) is 8.07. The van der Waals surface area contributed by atoms with Crippen molar-refractivity contribution in [2.75, 3.05) is 26.4 Å². The fraction of sp³-hybridized carbons (Fsp3) is 0.933. The highest BCUT2D eigenvalue weighted by molar-refractivity contribution is 9.10. The van der Waals surface area contributed by atoms with Gasteiger partial charge in [-0.3, -0.25) is 4.79 Å². The number of hydrogen-bond acceptors (Lipinski definition) is 5. The van der Waals surface area contributed by atoms with Crippen LogP contribution in [0.4, 0.5) is 0 Å². The molecule has 7 heteroatoms. The largest absolute Gasteiger partial charge is 0.481 e. The maximum Gasteiger partial charge on any atom is 0.315 e. The molecule has 2 aliphatic heterocycles. The van der Waals surface area contributed by atoms with Gasteiger partial charge in [-0.15, -0.1) is 0 Å². The Morgan fingerprint density at radius 1 is 0.818 bits per heavy atom. The van der Waals surface area contributed by atoms with Crippen molar-refractivity contribution >= 4 is 21.9 Å². The van der Waals surface area contributed by atoms with Crippen molar-refractivity contribution in [1.82, 2.24) is 0 Å². The highest BCUT2D eigenvalue weighted by Gasteiger charge is 3.10. The quantitative estimate of drug-likeness (QED) is 0.675. The maximum atomic E-state index is 12.4. The smallest absolute Gasteiger partial charge is 0.315 e. The molecule has 0 amide bonds. The number of alkyl halides is 1. The van der Waals surface area contributed by atoms with E-state index < -0.39 is 23.0 Å². The summed E-state index contributed by atoms with van der Waals surface area (Å²) < 4.78 is 24.2. The molecule has 8 unspecified atom stereocenters. The Kier molecular flexibility index (Phi) is 1.62. The Hall–Kier alpha value is -0.210. The number of halogens is 1. The van der Waals surface area contributed by atoms with Gasteiger partial charge in [0.05, 0.1) is 30.8 Å². The van der Waals surface area contributed by atoms with Gasteiger partial charge in [-0.2, -0.15) is 0 Å². The van der Waals surface area contributed by atoms with Crippen LogP contribution in [0.15, 0.2) is 0 Å². The van der Waals surface area contributed by atoms with Crippen LogP contribution in [0.25, 0.3) is 0 Å². The SMILES string of the molecule is O=C(O)C12C3C4C(C5C1C3C5(Br)C41OCCO1)C21OCCO1. The van der Waals surface area contributed by atoms with Crippen molar-refractivity contribution in [1.29, 1.82) is 0 Å². The van der Waals surface area contributed by atoms with E-state index in [1.807, 2.05) is 0 Å². The molecule has 22 heavy (non-hydrogen) atoms. The summed E-state index contributed by atoms with van der Waals surface area (Å²) in [6.45, 7) is 2.14. The standard InChI is InChI=1S/C15H15BrO6/c16-13-7-5-8(13)10-9(15(13)21-3-4-22-15)6(7)12(5,11(17)18)14(10)19-1-2-20-14/h5-10H,1-4H2,(H,17,18). The third-order valence-electron chi connectivity index (χ3n) is 8.12. The number of carbonyl (C=O) groups is 1. The van der Waals surface area contributed by atoms with Gasteiger partial charge in [0.2, 0.25) is 0 Å². The second-order valence-corrected chi connectivity index (χ2v) is 9.14. The summed E-state index contributed by atoms with van der Waals surface area (Å²) in [5.74, 6) is -1.49. The zero-order valence-corrected chi connectivity index (χ0v) is 13.2. The lowest BCUT2D eigenvalue weighted by atomic mass is 9.35. The van der Waals surface area contributed by atoms with Gasteiger partial charge in [-0.05, 0) is 23.7 Å². The van der Waals surface area contributed by atoms with Crippen molar-refractivity contribution in [3.05, 3.63) is 0 Å². The molecule has 8 atom stereocenters. The Bertz CT molecular complexity index is 654. The number of hydrogen-bond donors (Lipinski definition) is 1. The van der Waals surface area contributed by atoms with E-state index in [9.17, 15) is 9.90 Å². The van der Waals surface area contributed by atoms with E-state index in [0.717, 1.165) is 0 Å². The van der Waals surface area contributed by atoms with Gasteiger partial charge in [0.25, 0.3) is 0 Å². The molecule has 6 aliphatic carbocycles. The van der Waals surface area contributed by atoms with Crippen molar-refractivity contribution in [2.45, 2.75) is 15.9 Å². The second kappa shape index (κ2) is 2.92. The number of carboxylic acids is 1. The monoisotopic (exact) mass is 370 g/mol. The summed E-state index contributed by atoms with van der Waals surface area (Å²) >= 11 is 3.97. The number of rotatable bonds is 1. The molecule has 1 N–H and O–H groups in total. The molecule has 4 bridgehead atoms. The van der Waals surface area contributed by atoms with Crippen molar-refractivity contribution in [2.24, 2.45) is 40.9 Å². The molecule has 6 saturated carbocycles. The van der Waals surface area contributed by atoms with E-state index in [1.54, 1.807) is 0 Å². The zero-order valence-electron chi connectivity index (χ0n) is 11.7. The number of carboxylic acid groups (broad SMARTS) is 1. The van der Waals surface area contributed by atoms with Gasteiger partial charge in [0.15, 0.2) is 11.6 Å². The van der Waals surface area contributed by atoms with Crippen LogP contribution in [0.5, 0.6) is 0 Å². The minimum atomic E-state index is -0.950. The van der Waals surface area contributed by atoms with Crippen molar-refractivity contribution in [3.8, 4) is 0 Å². The fourth-order valence-corrected chi connectivity index (χ4v) is 9.90. The van der Waals surface area contributed by atoms with Crippen LogP contribution in [0.2, 0.25) is 0 Å². The molecule has 0 aromatic carbocycles. The third kappa shape index (κ3) is 0.674. The number of aliphatic carboxylic acids is 1. The predicted octanol–water partition coefficient (Wildman–Crippen LogP) is 0.442. The first-order chi connectivity index (χ1) is 10.6. The summed E-state index contributed by atoms with van der Waals surface area (Å²) in [5.41, 5.74) is -0.885. The molecule has 8 rings (SSSR count). The third-order valence-corrected chi connectivity index (χ3v) is 9.73. The minimum Gasteiger partial charge on any atom is -0.481 e. The molecule has 6 nitrogen and oxygen atoms in total. The molecule has 2 saturated heterocycles. The van der Waals surface area contributed by atoms with Gasteiger partial charge in [-0.1, -0.05) is 15.9 Å². The van der Waals surface area contributed by atoms with Crippen LogP contribution in [-0.4, -0.2) is 53.4 Å². The second-order valence-electron chi connectivity index (χ2n) is 7.83. The average Bonchev–Trinajstić information content (AvgIpc) is 3.23. The van der Waals surface area contributed by atoms with Crippen LogP contribution in [0.1, 0.15) is 0 Å². The molecule has 0 aromatic heterocycles. The molecule has 0 aromatic rings. The molecule has 8 aliphatic rings. The van der Waals surface area contributed by atoms with Gasteiger partial charge in [0, 0.05) is 11.8 Å². The van der Waals surface area contributed by atoms with Crippen molar-refractivity contribution in [3.63, 3.8) is 0 Å². The first kappa shape index (κ1) is 12.2. The average molecular weight is 371 g/mol. The lowest BCUT2D eigenvalue weighted by Crippen LogP contribution is -2.77. The van der Waals surface area contributed by atoms with Crippen LogP contribution >= 0.6 is 15.9 Å². The summed E-state index contributed by atoms with van der Waals surface area (Å²) in [7, 11) is 0. The van der Waals surface area contributed by atoms with Gasteiger partial charge < -0.3 is 24.1 Å². The minimum absolute atomic E-state index is 0.0422. The molecule has 118 valence electrons. The molecule has 0 radical (unpaired) electrons. The Balaban J connectivity index is 1.54. The van der Waals surface area contributed by atoms with E-state index in [4.69, 9.17) is 18.9 Å². The number of ether oxygens (including phenoxy) is 4. The molecule has 8 fully saturated rings. The van der Waals surface area contributed by atoms with E-state index in [-0.39, 0.29) is 33.9 Å². The summed E-state index contributed by atoms with van der Waals surface area (Å²) in [5, 5.41) is 10.1. The van der Waals surface area contributed by atoms with E-state index in [2.05, 4.69) is 15.9 Å². The summed E-state index contributed by atoms with van der Waals surface area (Å²) in [6.07, 6.45) is 0. The van der Waals surface area contributed by atoms with Crippen LogP contribution in [0.3, 0.4) is 0 Å². The van der Waals surface area contributed by atoms with Crippen molar-refractivity contribution < 1.29 is 28.8 Å². The zero-order chi connectivity index (χ0) is 14.7. The Morgan fingerprint density at radius 2 is 1.27 bits per heavy atom. The topological polar surface area (TPSA) is 74.2 Å². The Labute approximate surface area is 134 Å². The predicted molar refractivity (Wildman–Crippen MR) is 71.9 cm³/mol. The molecular weight excluding hydrogens is 356 g/mol. The van der Waals surface area contributed by atoms with Crippen LogP contribution < -0.4 is 0 Å². The van der Waals surface area contributed by atoms with Gasteiger partial charge in [-0.25, -0.2) is 0 Å². The van der Waals surface area contributed by atoms with E-state index >= 15 is 0 Å². The van der Waals surface area contributed by atoms with Gasteiger partial charge in [0.1, 0.15) is 5.41 Å². The molecule has 2 heterocycles. The summed E-state index contributed by atoms with van der Waals surface area (Å²) in [6, 6.07) is 0. The van der Waals surface area contributed by atoms with Gasteiger partial charge >= 0.3 is 5.97 Å². The molecular formula is C15H15BrO6. The molecule has 2 spiro atoms. The summed E-state index contributed by atoms with van der Waals surface area (Å²) in [4.78, 5) is 12.4. The fourth-order valence-electron chi connectivity index (χ4n) is 8.27. The maximum absolute atomic E-state index is 12.4. The lowest BCUT2D eigenvalue weighted by Gasteiger charge is -2.70. The highest BCUT2D eigenvalue weighted by Crippen LogP contribution is 3.01. The normalized spacial score (nSPS) is 65.5.